The number of thioether (sulfide) groups is 1. The van der Waals surface area contributed by atoms with Crippen LogP contribution in [0.15, 0.2) is 88.7 Å². The van der Waals surface area contributed by atoms with Gasteiger partial charge in [0.1, 0.15) is 5.75 Å². The number of nitrogens with zero attached hydrogens (tertiary/aromatic N) is 1. The summed E-state index contributed by atoms with van der Waals surface area (Å²) in [6, 6.07) is 24.3. The molecule has 0 aromatic heterocycles. The van der Waals surface area contributed by atoms with Crippen molar-refractivity contribution in [2.24, 2.45) is 0 Å². The van der Waals surface area contributed by atoms with Crippen molar-refractivity contribution in [2.45, 2.75) is 11.3 Å². The summed E-state index contributed by atoms with van der Waals surface area (Å²) >= 11 is 7.26. The number of amides is 2. The summed E-state index contributed by atoms with van der Waals surface area (Å²) in [5.74, 6) is -0.0278. The summed E-state index contributed by atoms with van der Waals surface area (Å²) in [5.41, 5.74) is 2.01. The molecule has 0 unspecified atom stereocenters. The molecule has 3 aromatic carbocycles. The fourth-order valence-corrected chi connectivity index (χ4v) is 4.59. The lowest BCUT2D eigenvalue weighted by Crippen LogP contribution is -2.33. The van der Waals surface area contributed by atoms with E-state index in [2.05, 4.69) is 0 Å². The predicted molar refractivity (Wildman–Crippen MR) is 124 cm³/mol. The number of rotatable bonds is 7. The Balaban J connectivity index is 1.68. The molecule has 0 saturated heterocycles. The molecule has 3 aromatic rings. The number of hydrogen-bond acceptors (Lipinski definition) is 4. The second kappa shape index (κ2) is 9.41. The van der Waals surface area contributed by atoms with Gasteiger partial charge < -0.3 is 4.74 Å². The highest BCUT2D eigenvalue weighted by Gasteiger charge is 2.40. The first-order valence-corrected chi connectivity index (χ1v) is 11.0. The number of carbonyl (C=O) groups excluding carboxylic acids is 2. The molecule has 0 spiro atoms. The highest BCUT2D eigenvalue weighted by molar-refractivity contribution is 8.04. The summed E-state index contributed by atoms with van der Waals surface area (Å²) in [6.45, 7) is 0.288. The van der Waals surface area contributed by atoms with Crippen molar-refractivity contribution >= 4 is 40.8 Å². The standard InChI is InChI=1S/C25H20ClNO3S/c1-30-21-10-6-5-9-20(21)22-23(31-19-7-3-2-4-8-19)25(29)27(24(22)28)16-15-17-11-13-18(26)14-12-17/h2-14H,15-16H2,1H3. The maximum absolute atomic E-state index is 13.4. The fraction of sp³-hybridized carbons (Fsp3) is 0.120. The Hall–Kier alpha value is -3.02. The minimum Gasteiger partial charge on any atom is -0.496 e. The minimum absolute atomic E-state index is 0.284. The molecule has 31 heavy (non-hydrogen) atoms. The number of methoxy groups -OCH3 is 1. The Morgan fingerprint density at radius 2 is 1.55 bits per heavy atom. The van der Waals surface area contributed by atoms with Crippen LogP contribution in [0.1, 0.15) is 11.1 Å². The van der Waals surface area contributed by atoms with E-state index in [-0.39, 0.29) is 18.4 Å². The van der Waals surface area contributed by atoms with Crippen molar-refractivity contribution in [1.82, 2.24) is 4.90 Å². The van der Waals surface area contributed by atoms with Crippen LogP contribution < -0.4 is 4.74 Å². The number of halogens is 1. The smallest absolute Gasteiger partial charge is 0.268 e. The minimum atomic E-state index is -0.304. The van der Waals surface area contributed by atoms with Crippen molar-refractivity contribution in [3.63, 3.8) is 0 Å². The van der Waals surface area contributed by atoms with Gasteiger partial charge in [0.2, 0.25) is 0 Å². The molecule has 2 amide bonds. The molecule has 0 bridgehead atoms. The highest BCUT2D eigenvalue weighted by atomic mass is 35.5. The van der Waals surface area contributed by atoms with Crippen molar-refractivity contribution in [3.8, 4) is 5.75 Å². The Morgan fingerprint density at radius 3 is 2.26 bits per heavy atom. The van der Waals surface area contributed by atoms with E-state index in [1.165, 1.54) is 16.7 Å². The fourth-order valence-electron chi connectivity index (χ4n) is 3.44. The SMILES string of the molecule is COc1ccccc1C1=C(Sc2ccccc2)C(=O)N(CCc2ccc(Cl)cc2)C1=O. The number of hydrogen-bond donors (Lipinski definition) is 0. The molecule has 0 saturated carbocycles. The van der Waals surface area contributed by atoms with Gasteiger partial charge in [0.05, 0.1) is 17.6 Å². The van der Waals surface area contributed by atoms with E-state index < -0.39 is 0 Å². The van der Waals surface area contributed by atoms with E-state index in [0.717, 1.165) is 10.5 Å². The molecule has 0 N–H and O–H groups in total. The van der Waals surface area contributed by atoms with E-state index >= 15 is 0 Å². The molecule has 4 rings (SSSR count). The van der Waals surface area contributed by atoms with Crippen LogP contribution >= 0.6 is 23.4 Å². The molecule has 1 aliphatic rings. The van der Waals surface area contributed by atoms with E-state index in [1.807, 2.05) is 60.7 Å². The van der Waals surface area contributed by atoms with Gasteiger partial charge in [-0.1, -0.05) is 71.9 Å². The van der Waals surface area contributed by atoms with Gasteiger partial charge in [0.25, 0.3) is 11.8 Å². The monoisotopic (exact) mass is 449 g/mol. The van der Waals surface area contributed by atoms with Crippen molar-refractivity contribution in [2.75, 3.05) is 13.7 Å². The summed E-state index contributed by atoms with van der Waals surface area (Å²) < 4.78 is 5.48. The molecule has 0 atom stereocenters. The maximum Gasteiger partial charge on any atom is 0.268 e. The van der Waals surface area contributed by atoms with Crippen LogP contribution in [0, 0.1) is 0 Å². The first-order valence-electron chi connectivity index (χ1n) is 9.79. The molecular formula is C25H20ClNO3S. The molecular weight excluding hydrogens is 430 g/mol. The lowest BCUT2D eigenvalue weighted by atomic mass is 10.0. The van der Waals surface area contributed by atoms with Crippen LogP contribution in [0.25, 0.3) is 5.57 Å². The lowest BCUT2D eigenvalue weighted by Gasteiger charge is -2.15. The number of imide groups is 1. The summed E-state index contributed by atoms with van der Waals surface area (Å²) in [6.07, 6.45) is 0.553. The predicted octanol–water partition coefficient (Wildman–Crippen LogP) is 5.46. The van der Waals surface area contributed by atoms with Gasteiger partial charge in [-0.25, -0.2) is 0 Å². The maximum atomic E-state index is 13.4. The van der Waals surface area contributed by atoms with Gasteiger partial charge in [-0.15, -0.1) is 0 Å². The van der Waals surface area contributed by atoms with Gasteiger partial charge >= 0.3 is 0 Å². The third-order valence-electron chi connectivity index (χ3n) is 5.00. The normalized spacial score (nSPS) is 13.8. The Bertz CT molecular complexity index is 1140. The van der Waals surface area contributed by atoms with Crippen LogP contribution in [0.2, 0.25) is 5.02 Å². The first-order chi connectivity index (χ1) is 15.1. The molecule has 0 aliphatic carbocycles. The van der Waals surface area contributed by atoms with Crippen LogP contribution in [-0.2, 0) is 16.0 Å². The van der Waals surface area contributed by atoms with E-state index in [1.54, 1.807) is 25.3 Å². The Kier molecular flexibility index (Phi) is 6.44. The second-order valence-corrected chi connectivity index (χ2v) is 8.48. The summed E-state index contributed by atoms with van der Waals surface area (Å²) in [4.78, 5) is 29.4. The molecule has 0 radical (unpaired) electrons. The average Bonchev–Trinajstić information content (AvgIpc) is 3.03. The van der Waals surface area contributed by atoms with Gasteiger partial charge in [0, 0.05) is 22.0 Å². The third kappa shape index (κ3) is 4.53. The summed E-state index contributed by atoms with van der Waals surface area (Å²) in [5, 5.41) is 0.652. The van der Waals surface area contributed by atoms with Crippen LogP contribution in [0.5, 0.6) is 5.75 Å². The molecule has 1 aliphatic heterocycles. The van der Waals surface area contributed by atoms with Crippen molar-refractivity contribution in [1.29, 1.82) is 0 Å². The molecule has 1 heterocycles. The number of benzene rings is 3. The van der Waals surface area contributed by atoms with Gasteiger partial charge in [0.15, 0.2) is 0 Å². The Morgan fingerprint density at radius 1 is 0.871 bits per heavy atom. The third-order valence-corrected chi connectivity index (χ3v) is 6.34. The first kappa shape index (κ1) is 21.2. The van der Waals surface area contributed by atoms with Crippen molar-refractivity contribution in [3.05, 3.63) is 99.9 Å². The number of carbonyl (C=O) groups is 2. The quantitative estimate of drug-likeness (QED) is 0.449. The van der Waals surface area contributed by atoms with Crippen LogP contribution in [0.3, 0.4) is 0 Å². The zero-order valence-corrected chi connectivity index (χ0v) is 18.5. The molecule has 6 heteroatoms. The number of ether oxygens (including phenoxy) is 1. The zero-order valence-electron chi connectivity index (χ0n) is 16.9. The highest BCUT2D eigenvalue weighted by Crippen LogP contribution is 2.42. The van der Waals surface area contributed by atoms with Gasteiger partial charge in [-0.05, 0) is 42.3 Å². The van der Waals surface area contributed by atoms with Gasteiger partial charge in [-0.2, -0.15) is 0 Å². The molecule has 156 valence electrons. The van der Waals surface area contributed by atoms with E-state index in [4.69, 9.17) is 16.3 Å². The Labute approximate surface area is 190 Å². The number of para-hydroxylation sites is 1. The lowest BCUT2D eigenvalue weighted by molar-refractivity contribution is -0.136. The van der Waals surface area contributed by atoms with E-state index in [0.29, 0.717) is 33.2 Å². The topological polar surface area (TPSA) is 46.6 Å². The molecule has 4 nitrogen and oxygen atoms in total. The zero-order chi connectivity index (χ0) is 21.8. The largest absolute Gasteiger partial charge is 0.496 e. The molecule has 0 fully saturated rings. The van der Waals surface area contributed by atoms with Crippen molar-refractivity contribution < 1.29 is 14.3 Å². The average molecular weight is 450 g/mol. The summed E-state index contributed by atoms with van der Waals surface area (Å²) in [7, 11) is 1.56. The van der Waals surface area contributed by atoms with Crippen LogP contribution in [0.4, 0.5) is 0 Å². The second-order valence-electron chi connectivity index (χ2n) is 6.96. The van der Waals surface area contributed by atoms with Gasteiger partial charge in [-0.3, -0.25) is 14.5 Å². The van der Waals surface area contributed by atoms with Crippen LogP contribution in [-0.4, -0.2) is 30.4 Å². The van der Waals surface area contributed by atoms with E-state index in [9.17, 15) is 9.59 Å².